The highest BCUT2D eigenvalue weighted by molar-refractivity contribution is 7.80. The normalized spacial score (nSPS) is 39.2. The highest BCUT2D eigenvalue weighted by Crippen LogP contribution is 2.68. The number of nitrogens with one attached hydrogen (secondary N) is 2. The van der Waals surface area contributed by atoms with Gasteiger partial charge in [-0.2, -0.15) is 8.42 Å². The predicted octanol–water partition coefficient (Wildman–Crippen LogP) is 4.53. The quantitative estimate of drug-likeness (QED) is 0.0991. The van der Waals surface area contributed by atoms with Crippen LogP contribution < -0.4 is 16.4 Å². The Labute approximate surface area is 268 Å². The topological polar surface area (TPSA) is 154 Å². The lowest BCUT2D eigenvalue weighted by Gasteiger charge is -2.62. The van der Waals surface area contributed by atoms with E-state index in [0.29, 0.717) is 53.4 Å². The molecule has 4 aliphatic rings. The lowest BCUT2D eigenvalue weighted by molar-refractivity contribution is -0.167. The molecule has 0 bridgehead atoms. The Balaban J connectivity index is 1.28. The molecule has 44 heavy (non-hydrogen) atoms. The number of hydrogen-bond donors (Lipinski definition) is 6. The van der Waals surface area contributed by atoms with E-state index in [1.807, 2.05) is 0 Å². The number of aliphatic hydroxyl groups excluding tert-OH is 2. The number of unbranched alkanes of at least 4 members (excludes halogenated alkanes) is 1. The Morgan fingerprint density at radius 1 is 0.932 bits per heavy atom. The molecule has 0 amide bonds. The van der Waals surface area contributed by atoms with Crippen LogP contribution in [0.5, 0.6) is 0 Å². The molecular formula is C34H65N3O6S. The lowest BCUT2D eigenvalue weighted by atomic mass is 9.43. The van der Waals surface area contributed by atoms with Crippen LogP contribution in [-0.2, 0) is 14.6 Å². The SMILES string of the molecule is CC(COS(=O)(=O)O)C(O)CCC(C)[C@H]1CCC2C3C(O)C[C@H]4C[C@@H](NCCCNCCCCN)CC[C@]4(C)C3CC[C@@]21C. The van der Waals surface area contributed by atoms with Crippen LogP contribution >= 0.6 is 0 Å². The average Bonchev–Trinajstić information content (AvgIpc) is 3.33. The molecule has 9 nitrogen and oxygen atoms in total. The van der Waals surface area contributed by atoms with Gasteiger partial charge in [-0.05, 0) is 156 Å². The first-order valence-corrected chi connectivity index (χ1v) is 19.3. The summed E-state index contributed by atoms with van der Waals surface area (Å²) in [4.78, 5) is 0. The summed E-state index contributed by atoms with van der Waals surface area (Å²) in [6.45, 7) is 12.9. The van der Waals surface area contributed by atoms with Crippen molar-refractivity contribution in [3.8, 4) is 0 Å². The molecule has 10 heteroatoms. The monoisotopic (exact) mass is 643 g/mol. The average molecular weight is 644 g/mol. The smallest absolute Gasteiger partial charge is 0.393 e. The van der Waals surface area contributed by atoms with Crippen molar-refractivity contribution in [3.05, 3.63) is 0 Å². The molecule has 0 saturated heterocycles. The van der Waals surface area contributed by atoms with Crippen LogP contribution in [0.4, 0.5) is 0 Å². The zero-order valence-corrected chi connectivity index (χ0v) is 28.9. The van der Waals surface area contributed by atoms with E-state index in [4.69, 9.17) is 10.3 Å². The van der Waals surface area contributed by atoms with E-state index in [2.05, 4.69) is 35.6 Å². The summed E-state index contributed by atoms with van der Waals surface area (Å²) in [5, 5.41) is 29.8. The summed E-state index contributed by atoms with van der Waals surface area (Å²) in [7, 11) is -4.50. The fraction of sp³-hybridized carbons (Fsp3) is 1.00. The summed E-state index contributed by atoms with van der Waals surface area (Å²) < 4.78 is 35.2. The minimum absolute atomic E-state index is 0.210. The van der Waals surface area contributed by atoms with Crippen LogP contribution in [0.3, 0.4) is 0 Å². The van der Waals surface area contributed by atoms with Crippen molar-refractivity contribution in [1.29, 1.82) is 0 Å². The molecule has 4 saturated carbocycles. The van der Waals surface area contributed by atoms with Crippen molar-refractivity contribution in [1.82, 2.24) is 10.6 Å². The van der Waals surface area contributed by atoms with E-state index in [9.17, 15) is 18.6 Å². The van der Waals surface area contributed by atoms with Gasteiger partial charge in [0.25, 0.3) is 0 Å². The summed E-state index contributed by atoms with van der Waals surface area (Å²) >= 11 is 0. The molecule has 0 spiro atoms. The van der Waals surface area contributed by atoms with Gasteiger partial charge in [-0.15, -0.1) is 0 Å². The van der Waals surface area contributed by atoms with E-state index in [1.165, 1.54) is 44.9 Å². The molecule has 0 aromatic rings. The van der Waals surface area contributed by atoms with Crippen molar-refractivity contribution in [3.63, 3.8) is 0 Å². The molecule has 0 aromatic carbocycles. The van der Waals surface area contributed by atoms with Gasteiger partial charge in [0.1, 0.15) is 0 Å². The Bertz CT molecular complexity index is 1000. The van der Waals surface area contributed by atoms with Crippen molar-refractivity contribution in [2.75, 3.05) is 32.8 Å². The molecule has 7 unspecified atom stereocenters. The summed E-state index contributed by atoms with van der Waals surface area (Å²) in [5.74, 6) is 2.78. The predicted molar refractivity (Wildman–Crippen MR) is 175 cm³/mol. The third kappa shape index (κ3) is 8.57. The van der Waals surface area contributed by atoms with Crippen LogP contribution in [0.15, 0.2) is 0 Å². The zero-order valence-electron chi connectivity index (χ0n) is 28.1. The molecule has 0 aromatic heterocycles. The number of rotatable bonds is 17. The fourth-order valence-electron chi connectivity index (χ4n) is 10.6. The zero-order chi connectivity index (χ0) is 32.1. The van der Waals surface area contributed by atoms with Gasteiger partial charge in [0.2, 0.25) is 0 Å². The Morgan fingerprint density at radius 3 is 2.36 bits per heavy atom. The van der Waals surface area contributed by atoms with Crippen LogP contribution in [0.25, 0.3) is 0 Å². The van der Waals surface area contributed by atoms with Gasteiger partial charge in [0.15, 0.2) is 0 Å². The van der Waals surface area contributed by atoms with Gasteiger partial charge in [-0.25, -0.2) is 4.18 Å². The largest absolute Gasteiger partial charge is 0.397 e. The number of hydrogen-bond acceptors (Lipinski definition) is 8. The van der Waals surface area contributed by atoms with Crippen LogP contribution in [0.1, 0.15) is 111 Å². The van der Waals surface area contributed by atoms with Crippen LogP contribution in [0.2, 0.25) is 0 Å². The van der Waals surface area contributed by atoms with Gasteiger partial charge in [0.05, 0.1) is 18.8 Å². The third-order valence-electron chi connectivity index (χ3n) is 13.3. The van der Waals surface area contributed by atoms with Gasteiger partial charge < -0.3 is 26.6 Å². The minimum Gasteiger partial charge on any atom is -0.393 e. The molecule has 4 aliphatic carbocycles. The Morgan fingerprint density at radius 2 is 1.64 bits per heavy atom. The lowest BCUT2D eigenvalue weighted by Crippen LogP contribution is -2.59. The van der Waals surface area contributed by atoms with Crippen LogP contribution in [-0.4, -0.2) is 74.2 Å². The molecule has 0 heterocycles. The standard InChI is InChI=1S/C34H65N3O6S/c1-23(8-11-30(38)24(2)22-43-44(40,41)42)27-9-10-28-32-29(13-15-34(27,28)4)33(3)14-12-26(20-25(33)21-31(32)39)37-19-7-18-36-17-6-5-16-35/h23-32,36-39H,5-22,35H2,1-4H3,(H,40,41,42)/t23?,24?,25-,26+,27-,28?,29?,30?,31?,32?,33+,34-/m1/s1. The maximum Gasteiger partial charge on any atom is 0.397 e. The Hall–Kier alpha value is -0.330. The number of aliphatic hydroxyl groups is 2. The van der Waals surface area contributed by atoms with Crippen molar-refractivity contribution >= 4 is 10.4 Å². The van der Waals surface area contributed by atoms with Gasteiger partial charge in [-0.1, -0.05) is 27.7 Å². The maximum atomic E-state index is 11.8. The van der Waals surface area contributed by atoms with Gasteiger partial charge >= 0.3 is 10.4 Å². The van der Waals surface area contributed by atoms with Crippen molar-refractivity contribution in [2.45, 2.75) is 129 Å². The van der Waals surface area contributed by atoms with E-state index in [0.717, 1.165) is 58.3 Å². The second-order valence-corrected chi connectivity index (χ2v) is 17.0. The summed E-state index contributed by atoms with van der Waals surface area (Å²) in [6.07, 6.45) is 13.4. The highest BCUT2D eigenvalue weighted by Gasteiger charge is 2.62. The number of fused-ring (bicyclic) bond motifs is 5. The van der Waals surface area contributed by atoms with E-state index >= 15 is 0 Å². The molecule has 12 atom stereocenters. The van der Waals surface area contributed by atoms with Crippen molar-refractivity contribution in [2.24, 2.45) is 58.0 Å². The molecule has 4 rings (SSSR count). The van der Waals surface area contributed by atoms with E-state index in [1.54, 1.807) is 6.92 Å². The molecule has 7 N–H and O–H groups in total. The summed E-state index contributed by atoms with van der Waals surface area (Å²) in [5.41, 5.74) is 6.12. The molecule has 0 aliphatic heterocycles. The van der Waals surface area contributed by atoms with Gasteiger partial charge in [-0.3, -0.25) is 4.55 Å². The first kappa shape index (κ1) is 36.5. The van der Waals surface area contributed by atoms with Gasteiger partial charge in [0, 0.05) is 12.0 Å². The van der Waals surface area contributed by atoms with Crippen LogP contribution in [0, 0.1) is 52.3 Å². The van der Waals surface area contributed by atoms with E-state index in [-0.39, 0.29) is 24.0 Å². The highest BCUT2D eigenvalue weighted by atomic mass is 32.3. The van der Waals surface area contributed by atoms with E-state index < -0.39 is 16.5 Å². The second-order valence-electron chi connectivity index (χ2n) is 15.9. The molecule has 258 valence electrons. The first-order chi connectivity index (χ1) is 20.8. The number of nitrogens with two attached hydrogens (primary N) is 1. The van der Waals surface area contributed by atoms with Crippen molar-refractivity contribution < 1.29 is 27.4 Å². The molecule has 0 radical (unpaired) electrons. The molecule has 4 fully saturated rings. The minimum atomic E-state index is -4.50. The summed E-state index contributed by atoms with van der Waals surface area (Å²) in [6, 6.07) is 0.567. The third-order valence-corrected chi connectivity index (χ3v) is 13.7. The fourth-order valence-corrected chi connectivity index (χ4v) is 11.0. The first-order valence-electron chi connectivity index (χ1n) is 17.9. The maximum absolute atomic E-state index is 11.8. The molecular weight excluding hydrogens is 578 g/mol. The Kier molecular flexibility index (Phi) is 13.0. The second kappa shape index (κ2) is 15.7.